The monoisotopic (exact) mass is 733 g/mol. The fraction of sp³-hybridized carbons (Fsp3) is 0.684. The summed E-state index contributed by atoms with van der Waals surface area (Å²) < 4.78 is 31.6. The summed E-state index contributed by atoms with van der Waals surface area (Å²) in [7, 11) is 1.00. The third-order valence-electron chi connectivity index (χ3n) is 10.4. The average molecular weight is 734 g/mol. The Morgan fingerprint density at radius 1 is 1.06 bits per heavy atom. The highest BCUT2D eigenvalue weighted by Crippen LogP contribution is 2.49. The van der Waals surface area contributed by atoms with Crippen LogP contribution in [0.25, 0.3) is 10.4 Å². The summed E-state index contributed by atoms with van der Waals surface area (Å²) in [5.41, 5.74) is 4.59. The van der Waals surface area contributed by atoms with E-state index in [0.29, 0.717) is 26.1 Å². The number of nitrogens with one attached hydrogen (secondary N) is 2. The quantitative estimate of drug-likeness (QED) is 0.325. The molecule has 3 unspecified atom stereocenters. The van der Waals surface area contributed by atoms with Crippen molar-refractivity contribution in [3.8, 4) is 10.4 Å². The van der Waals surface area contributed by atoms with E-state index in [1.165, 1.54) is 26.2 Å². The number of ether oxygens (including phenoxy) is 1. The topological polar surface area (TPSA) is 124 Å². The molecule has 6 rings (SSSR count). The van der Waals surface area contributed by atoms with Crippen molar-refractivity contribution in [2.24, 2.45) is 11.3 Å². The van der Waals surface area contributed by atoms with Gasteiger partial charge in [-0.25, -0.2) is 13.8 Å². The smallest absolute Gasteiger partial charge is 0.252 e. The average Bonchev–Trinajstić information content (AvgIpc) is 3.45. The minimum absolute atomic E-state index is 0.0980. The van der Waals surface area contributed by atoms with Gasteiger partial charge in [-0.2, -0.15) is 0 Å². The van der Waals surface area contributed by atoms with Crippen molar-refractivity contribution in [3.63, 3.8) is 0 Å². The highest BCUT2D eigenvalue weighted by molar-refractivity contribution is 7.13. The summed E-state index contributed by atoms with van der Waals surface area (Å²) in [6.45, 7) is 13.4. The number of thiazole rings is 1. The molecule has 4 heterocycles. The fourth-order valence-electron chi connectivity index (χ4n) is 7.21. The Balaban J connectivity index is 0.000000256. The van der Waals surface area contributed by atoms with E-state index >= 15 is 0 Å². The molecular weight excluding hydrogens is 677 g/mol. The van der Waals surface area contributed by atoms with Crippen LogP contribution in [0.2, 0.25) is 0 Å². The molecule has 10 nitrogen and oxygen atoms in total. The zero-order valence-corrected chi connectivity index (χ0v) is 31.9. The van der Waals surface area contributed by atoms with Crippen LogP contribution in [0.15, 0.2) is 29.8 Å². The van der Waals surface area contributed by atoms with Gasteiger partial charge in [0, 0.05) is 65.7 Å². The van der Waals surface area contributed by atoms with Crippen LogP contribution in [0.4, 0.5) is 8.78 Å². The van der Waals surface area contributed by atoms with Crippen LogP contribution in [0, 0.1) is 18.3 Å². The lowest BCUT2D eigenvalue weighted by atomic mass is 9.84. The summed E-state index contributed by atoms with van der Waals surface area (Å²) in [5.74, 6) is -3.35. The Hall–Kier alpha value is -3.00. The van der Waals surface area contributed by atoms with E-state index in [1.807, 2.05) is 57.5 Å². The van der Waals surface area contributed by atoms with E-state index < -0.39 is 23.4 Å². The molecule has 3 N–H and O–H groups in total. The van der Waals surface area contributed by atoms with Crippen LogP contribution in [-0.4, -0.2) is 101 Å². The zero-order valence-electron chi connectivity index (χ0n) is 31.1. The van der Waals surface area contributed by atoms with Gasteiger partial charge in [-0.3, -0.25) is 14.4 Å². The summed E-state index contributed by atoms with van der Waals surface area (Å²) in [6, 6.07) is 6.89. The Morgan fingerprint density at radius 3 is 2.25 bits per heavy atom. The van der Waals surface area contributed by atoms with Gasteiger partial charge >= 0.3 is 0 Å². The van der Waals surface area contributed by atoms with Crippen molar-refractivity contribution in [2.45, 2.75) is 116 Å². The number of carbonyl (C=O) groups excluding carboxylic acids is 3. The van der Waals surface area contributed by atoms with Crippen molar-refractivity contribution < 1.29 is 33.0 Å². The molecule has 4 aliphatic rings. The molecule has 284 valence electrons. The molecule has 51 heavy (non-hydrogen) atoms. The molecule has 1 aromatic carbocycles. The van der Waals surface area contributed by atoms with Gasteiger partial charge in [0.15, 0.2) is 0 Å². The molecule has 3 amide bonds. The SMILES string of the molecule is CC(=O)NC(C(=O)N1CCCC1C(=O)NCc1ccc(-c2scnc2C)cc1)C(C)(C)C.CO.FC1(F)CC1CN1CCC2(CCCCO2)CC1. The second kappa shape index (κ2) is 17.7. The minimum atomic E-state index is -2.36. The van der Waals surface area contributed by atoms with Crippen LogP contribution in [0.3, 0.4) is 0 Å². The first-order chi connectivity index (χ1) is 24.2. The first kappa shape index (κ1) is 40.8. The van der Waals surface area contributed by atoms with Gasteiger partial charge in [0.05, 0.1) is 21.7 Å². The maximum Gasteiger partial charge on any atom is 0.252 e. The molecule has 3 atom stereocenters. The standard InChI is InChI=1S/C24H32N4O3S.C13H21F2NO.CH4O/c1-15-20(32-14-26-15)18-10-8-17(9-11-18)13-25-22(30)19-7-6-12-28(19)23(31)21(24(3,4)5)27-16(2)29;14-13(15)9-11(13)10-16-6-4-12(5-7-16)3-1-2-8-17-12;1-2/h8-11,14,19,21H,6-7,12-13H2,1-5H3,(H,25,30)(H,27,29);11H,1-10H2;2H,1H3. The third kappa shape index (κ3) is 11.0. The minimum Gasteiger partial charge on any atom is -0.400 e. The lowest BCUT2D eigenvalue weighted by Crippen LogP contribution is -2.57. The van der Waals surface area contributed by atoms with E-state index in [1.54, 1.807) is 16.2 Å². The van der Waals surface area contributed by atoms with Crippen molar-refractivity contribution in [2.75, 3.05) is 39.9 Å². The van der Waals surface area contributed by atoms with Gasteiger partial charge in [0.25, 0.3) is 5.92 Å². The van der Waals surface area contributed by atoms with E-state index in [0.717, 1.165) is 67.8 Å². The van der Waals surface area contributed by atoms with E-state index in [2.05, 4.69) is 20.5 Å². The van der Waals surface area contributed by atoms with Gasteiger partial charge in [0.2, 0.25) is 17.7 Å². The van der Waals surface area contributed by atoms with Crippen LogP contribution >= 0.6 is 11.3 Å². The first-order valence-electron chi connectivity index (χ1n) is 18.2. The molecule has 13 heteroatoms. The molecule has 1 aromatic heterocycles. The van der Waals surface area contributed by atoms with Crippen LogP contribution < -0.4 is 10.6 Å². The normalized spacial score (nSPS) is 22.9. The van der Waals surface area contributed by atoms with Crippen molar-refractivity contribution in [1.82, 2.24) is 25.4 Å². The van der Waals surface area contributed by atoms with Crippen molar-refractivity contribution in [3.05, 3.63) is 41.0 Å². The number of aryl methyl sites for hydroxylation is 1. The Bertz CT molecular complexity index is 1450. The maximum absolute atomic E-state index is 13.2. The molecule has 3 saturated heterocycles. The molecule has 1 aliphatic carbocycles. The van der Waals surface area contributed by atoms with Crippen molar-refractivity contribution >= 4 is 29.1 Å². The number of amides is 3. The van der Waals surface area contributed by atoms with Crippen LogP contribution in [0.5, 0.6) is 0 Å². The summed E-state index contributed by atoms with van der Waals surface area (Å²) in [5, 5.41) is 12.7. The first-order valence-corrected chi connectivity index (χ1v) is 19.1. The van der Waals surface area contributed by atoms with Crippen LogP contribution in [0.1, 0.15) is 90.3 Å². The number of aliphatic hydroxyl groups excluding tert-OH is 1. The number of benzene rings is 1. The van der Waals surface area contributed by atoms with E-state index in [9.17, 15) is 23.2 Å². The largest absolute Gasteiger partial charge is 0.400 e. The Kier molecular flexibility index (Phi) is 14.1. The molecule has 2 aromatic rings. The molecule has 3 aliphatic heterocycles. The molecule has 4 fully saturated rings. The Morgan fingerprint density at radius 2 is 1.73 bits per heavy atom. The molecule has 0 radical (unpaired) electrons. The number of carbonyl (C=O) groups is 3. The number of aliphatic hydroxyl groups is 1. The Labute approximate surface area is 305 Å². The lowest BCUT2D eigenvalue weighted by Gasteiger charge is -2.44. The fourth-order valence-corrected chi connectivity index (χ4v) is 8.02. The number of halogens is 2. The van der Waals surface area contributed by atoms with Crippen LogP contribution in [-0.2, 0) is 25.7 Å². The number of rotatable bonds is 8. The lowest BCUT2D eigenvalue weighted by molar-refractivity contribution is -0.143. The summed E-state index contributed by atoms with van der Waals surface area (Å²) >= 11 is 1.61. The van der Waals surface area contributed by atoms with E-state index in [-0.39, 0.29) is 35.7 Å². The van der Waals surface area contributed by atoms with Gasteiger partial charge in [-0.15, -0.1) is 11.3 Å². The van der Waals surface area contributed by atoms with Gasteiger partial charge in [-0.05, 0) is 68.4 Å². The number of likely N-dealkylation sites (tertiary alicyclic amines) is 2. The second-order valence-electron chi connectivity index (χ2n) is 15.3. The molecule has 0 bridgehead atoms. The highest BCUT2D eigenvalue weighted by atomic mass is 32.1. The molecule has 1 saturated carbocycles. The highest BCUT2D eigenvalue weighted by Gasteiger charge is 2.57. The van der Waals surface area contributed by atoms with Crippen molar-refractivity contribution in [1.29, 1.82) is 0 Å². The number of hydrogen-bond donors (Lipinski definition) is 3. The second-order valence-corrected chi connectivity index (χ2v) is 16.2. The molecular formula is C38H57F2N5O5S. The van der Waals surface area contributed by atoms with Gasteiger partial charge in [0.1, 0.15) is 12.1 Å². The number of hydrogen-bond acceptors (Lipinski definition) is 8. The molecule has 1 spiro atoms. The number of aromatic nitrogens is 1. The van der Waals surface area contributed by atoms with Gasteiger partial charge in [-0.1, -0.05) is 45.0 Å². The zero-order chi connectivity index (χ0) is 37.4. The number of nitrogens with zero attached hydrogens (tertiary/aromatic N) is 3. The summed E-state index contributed by atoms with van der Waals surface area (Å²) in [4.78, 5) is 47.1. The van der Waals surface area contributed by atoms with Gasteiger partial charge < -0.3 is 30.3 Å². The predicted octanol–water partition coefficient (Wildman–Crippen LogP) is 5.56. The predicted molar refractivity (Wildman–Crippen MR) is 195 cm³/mol. The summed E-state index contributed by atoms with van der Waals surface area (Å²) in [6.07, 6.45) is 7.17. The maximum atomic E-state index is 13.2. The van der Waals surface area contributed by atoms with E-state index in [4.69, 9.17) is 9.84 Å². The third-order valence-corrected chi connectivity index (χ3v) is 11.3. The number of piperidine rings is 1. The number of alkyl halides is 2.